The second kappa shape index (κ2) is 11.2. The van der Waals surface area contributed by atoms with Gasteiger partial charge in [0.05, 0.1) is 5.56 Å². The number of phenols is 1. The van der Waals surface area contributed by atoms with Crippen LogP contribution in [0.3, 0.4) is 0 Å². The standard InChI is InChI=1S/C36H32N2O3/c1-2-3-17-33(40)37-35-34(27-12-5-4-6-13-27)38-36(41-35,31-15-9-10-16-32(31)39)30-22-20-26(21-23-30)29-19-18-25-11-7-8-14-28(25)24-29/h4-16,18-24,38-39H,2-3,17H2,1H3,(H,37,40). The molecule has 0 aromatic heterocycles. The Labute approximate surface area is 240 Å². The van der Waals surface area contributed by atoms with Crippen molar-refractivity contribution in [2.24, 2.45) is 0 Å². The van der Waals surface area contributed by atoms with Crippen LogP contribution in [0, 0.1) is 0 Å². The van der Waals surface area contributed by atoms with Crippen molar-refractivity contribution in [3.63, 3.8) is 0 Å². The van der Waals surface area contributed by atoms with Gasteiger partial charge in [-0.05, 0) is 46.5 Å². The van der Waals surface area contributed by atoms with E-state index in [0.717, 1.165) is 35.1 Å². The van der Waals surface area contributed by atoms with Crippen LogP contribution >= 0.6 is 0 Å². The van der Waals surface area contributed by atoms with Gasteiger partial charge < -0.3 is 15.2 Å². The summed E-state index contributed by atoms with van der Waals surface area (Å²) in [6.07, 6.45) is 2.10. The predicted molar refractivity (Wildman–Crippen MR) is 164 cm³/mol. The summed E-state index contributed by atoms with van der Waals surface area (Å²) in [4.78, 5) is 12.9. The van der Waals surface area contributed by atoms with Gasteiger partial charge in [0.1, 0.15) is 11.4 Å². The molecular weight excluding hydrogens is 508 g/mol. The molecule has 0 saturated heterocycles. The quantitative estimate of drug-likeness (QED) is 0.189. The van der Waals surface area contributed by atoms with Gasteiger partial charge in [-0.15, -0.1) is 0 Å². The zero-order chi connectivity index (χ0) is 28.2. The van der Waals surface area contributed by atoms with Gasteiger partial charge in [0.25, 0.3) is 0 Å². The number of ether oxygens (including phenoxy) is 1. The molecule has 41 heavy (non-hydrogen) atoms. The van der Waals surface area contributed by atoms with Crippen LogP contribution in [0.1, 0.15) is 42.9 Å². The van der Waals surface area contributed by atoms with Crippen LogP contribution in [0.2, 0.25) is 0 Å². The molecule has 0 saturated carbocycles. The van der Waals surface area contributed by atoms with Crippen LogP contribution in [-0.4, -0.2) is 11.0 Å². The number of amides is 1. The molecule has 5 aromatic carbocycles. The Kier molecular flexibility index (Phi) is 7.17. The Morgan fingerprint density at radius 2 is 1.46 bits per heavy atom. The highest BCUT2D eigenvalue weighted by atomic mass is 16.5. The molecule has 0 radical (unpaired) electrons. The lowest BCUT2D eigenvalue weighted by Gasteiger charge is -2.32. The fraction of sp³-hybridized carbons (Fsp3) is 0.139. The van der Waals surface area contributed by atoms with E-state index in [4.69, 9.17) is 4.74 Å². The molecule has 0 aliphatic carbocycles. The largest absolute Gasteiger partial charge is 0.507 e. The first-order valence-electron chi connectivity index (χ1n) is 14.0. The number of unbranched alkanes of at least 4 members (excludes halogenated alkanes) is 1. The van der Waals surface area contributed by atoms with Crippen molar-refractivity contribution in [2.75, 3.05) is 0 Å². The number of nitrogens with one attached hydrogen (secondary N) is 2. The number of carbonyl (C=O) groups excluding carboxylic acids is 1. The average Bonchev–Trinajstić information content (AvgIpc) is 3.40. The first-order valence-corrected chi connectivity index (χ1v) is 14.0. The number of hydrogen-bond acceptors (Lipinski definition) is 4. The number of carbonyl (C=O) groups is 1. The monoisotopic (exact) mass is 540 g/mol. The second-order valence-electron chi connectivity index (χ2n) is 10.3. The molecule has 1 aliphatic heterocycles. The molecule has 1 heterocycles. The lowest BCUT2D eigenvalue weighted by Crippen LogP contribution is -2.40. The summed E-state index contributed by atoms with van der Waals surface area (Å²) in [5, 5.41) is 20.0. The molecule has 1 aliphatic rings. The molecule has 0 fully saturated rings. The number of para-hydroxylation sites is 1. The molecule has 6 rings (SSSR count). The van der Waals surface area contributed by atoms with Gasteiger partial charge in [-0.2, -0.15) is 0 Å². The molecule has 204 valence electrons. The molecule has 5 heteroatoms. The Balaban J connectivity index is 1.43. The van der Waals surface area contributed by atoms with E-state index in [1.54, 1.807) is 12.1 Å². The Morgan fingerprint density at radius 3 is 2.22 bits per heavy atom. The van der Waals surface area contributed by atoms with Crippen molar-refractivity contribution >= 4 is 22.4 Å². The average molecular weight is 541 g/mol. The zero-order valence-corrected chi connectivity index (χ0v) is 22.9. The van der Waals surface area contributed by atoms with Crippen molar-refractivity contribution in [3.05, 3.63) is 144 Å². The molecule has 0 bridgehead atoms. The summed E-state index contributed by atoms with van der Waals surface area (Å²) in [5.74, 6) is 0.306. The fourth-order valence-corrected chi connectivity index (χ4v) is 5.33. The summed E-state index contributed by atoms with van der Waals surface area (Å²) < 4.78 is 6.70. The third-order valence-electron chi connectivity index (χ3n) is 7.51. The van der Waals surface area contributed by atoms with Crippen LogP contribution in [0.4, 0.5) is 0 Å². The van der Waals surface area contributed by atoms with E-state index in [-0.39, 0.29) is 11.7 Å². The zero-order valence-electron chi connectivity index (χ0n) is 22.9. The minimum Gasteiger partial charge on any atom is -0.507 e. The number of rotatable bonds is 8. The Morgan fingerprint density at radius 1 is 0.780 bits per heavy atom. The van der Waals surface area contributed by atoms with E-state index in [0.29, 0.717) is 23.6 Å². The van der Waals surface area contributed by atoms with Crippen molar-refractivity contribution in [1.82, 2.24) is 10.6 Å². The summed E-state index contributed by atoms with van der Waals surface area (Å²) in [5.41, 5.74) is 3.75. The Hall–Kier alpha value is -5.03. The van der Waals surface area contributed by atoms with Crippen LogP contribution in [-0.2, 0) is 15.3 Å². The molecule has 0 spiro atoms. The minimum absolute atomic E-state index is 0.0876. The first kappa shape index (κ1) is 26.2. The summed E-state index contributed by atoms with van der Waals surface area (Å²) in [6, 6.07) is 39.8. The third kappa shape index (κ3) is 5.14. The summed E-state index contributed by atoms with van der Waals surface area (Å²) >= 11 is 0. The van der Waals surface area contributed by atoms with Gasteiger partial charge in [0.15, 0.2) is 0 Å². The molecule has 1 unspecified atom stereocenters. The first-order chi connectivity index (χ1) is 20.1. The second-order valence-corrected chi connectivity index (χ2v) is 10.3. The van der Waals surface area contributed by atoms with E-state index >= 15 is 0 Å². The smallest absolute Gasteiger partial charge is 0.239 e. The van der Waals surface area contributed by atoms with E-state index < -0.39 is 5.72 Å². The van der Waals surface area contributed by atoms with Gasteiger partial charge in [-0.1, -0.05) is 116 Å². The molecule has 3 N–H and O–H groups in total. The van der Waals surface area contributed by atoms with Gasteiger partial charge in [0, 0.05) is 17.5 Å². The predicted octanol–water partition coefficient (Wildman–Crippen LogP) is 7.67. The highest BCUT2D eigenvalue weighted by Crippen LogP contribution is 2.44. The lowest BCUT2D eigenvalue weighted by atomic mass is 9.91. The highest BCUT2D eigenvalue weighted by molar-refractivity contribution is 5.87. The molecule has 1 atom stereocenters. The van der Waals surface area contributed by atoms with Crippen molar-refractivity contribution in [1.29, 1.82) is 0 Å². The van der Waals surface area contributed by atoms with E-state index in [9.17, 15) is 9.90 Å². The normalized spacial score (nSPS) is 16.3. The molecule has 5 nitrogen and oxygen atoms in total. The van der Waals surface area contributed by atoms with Crippen LogP contribution in [0.15, 0.2) is 127 Å². The summed E-state index contributed by atoms with van der Waals surface area (Å²) in [6.45, 7) is 2.06. The SMILES string of the molecule is CCCCC(=O)NC1=C(c2ccccc2)NC(c2ccc(-c3ccc4ccccc4c3)cc2)(c2ccccc2O)O1. The maximum Gasteiger partial charge on any atom is 0.239 e. The van der Waals surface area contributed by atoms with Crippen LogP contribution in [0.25, 0.3) is 27.6 Å². The topological polar surface area (TPSA) is 70.6 Å². The maximum atomic E-state index is 12.9. The maximum absolute atomic E-state index is 12.9. The number of phenolic OH excluding ortho intramolecular Hbond substituents is 1. The van der Waals surface area contributed by atoms with Crippen molar-refractivity contribution in [3.8, 4) is 16.9 Å². The highest BCUT2D eigenvalue weighted by Gasteiger charge is 2.46. The molecule has 1 amide bonds. The number of benzene rings is 5. The fourth-order valence-electron chi connectivity index (χ4n) is 5.33. The van der Waals surface area contributed by atoms with E-state index in [1.165, 1.54) is 10.8 Å². The van der Waals surface area contributed by atoms with Gasteiger partial charge >= 0.3 is 0 Å². The molecule has 5 aromatic rings. The lowest BCUT2D eigenvalue weighted by molar-refractivity contribution is -0.121. The Bertz CT molecular complexity index is 1730. The minimum atomic E-state index is -1.27. The van der Waals surface area contributed by atoms with E-state index in [1.807, 2.05) is 66.7 Å². The van der Waals surface area contributed by atoms with Gasteiger partial charge in [-0.25, -0.2) is 0 Å². The number of aromatic hydroxyl groups is 1. The molecular formula is C36H32N2O3. The third-order valence-corrected chi connectivity index (χ3v) is 7.51. The van der Waals surface area contributed by atoms with Crippen molar-refractivity contribution < 1.29 is 14.6 Å². The van der Waals surface area contributed by atoms with Gasteiger partial charge in [0.2, 0.25) is 17.5 Å². The van der Waals surface area contributed by atoms with E-state index in [2.05, 4.69) is 60.0 Å². The van der Waals surface area contributed by atoms with Crippen LogP contribution in [0.5, 0.6) is 5.75 Å². The van der Waals surface area contributed by atoms with Gasteiger partial charge in [-0.3, -0.25) is 10.1 Å². The number of hydrogen-bond donors (Lipinski definition) is 3. The number of fused-ring (bicyclic) bond motifs is 1. The van der Waals surface area contributed by atoms with Crippen LogP contribution < -0.4 is 10.6 Å². The summed E-state index contributed by atoms with van der Waals surface area (Å²) in [7, 11) is 0. The van der Waals surface area contributed by atoms with Crippen molar-refractivity contribution in [2.45, 2.75) is 31.9 Å².